The number of nitrogens with zero attached hydrogens (tertiary/aromatic N) is 3. The lowest BCUT2D eigenvalue weighted by atomic mass is 10.1. The molecule has 4 aromatic rings. The van der Waals surface area contributed by atoms with Crippen molar-refractivity contribution in [3.63, 3.8) is 0 Å². The first-order valence-corrected chi connectivity index (χ1v) is 8.25. The Morgan fingerprint density at radius 1 is 1.04 bits per heavy atom. The number of rotatable bonds is 4. The van der Waals surface area contributed by atoms with Crippen LogP contribution in [0.3, 0.4) is 0 Å². The monoisotopic (exact) mass is 350 g/mol. The summed E-state index contributed by atoms with van der Waals surface area (Å²) in [6.45, 7) is 2.39. The highest BCUT2D eigenvalue weighted by Gasteiger charge is 2.14. The topological polar surface area (TPSA) is 63.8 Å². The van der Waals surface area contributed by atoms with E-state index in [1.807, 2.05) is 54.6 Å². The van der Waals surface area contributed by atoms with Crippen LogP contribution >= 0.6 is 11.6 Å². The summed E-state index contributed by atoms with van der Waals surface area (Å²) in [5, 5.41) is 9.15. The van der Waals surface area contributed by atoms with Crippen LogP contribution in [0, 0.1) is 6.92 Å². The minimum absolute atomic E-state index is 0.520. The lowest BCUT2D eigenvalue weighted by Gasteiger charge is -2.11. The summed E-state index contributed by atoms with van der Waals surface area (Å²) in [4.78, 5) is 9.07. The molecule has 2 aromatic heterocycles. The molecule has 124 valence electrons. The second-order valence-electron chi connectivity index (χ2n) is 5.69. The minimum atomic E-state index is 0.520. The molecule has 6 heteroatoms. The number of para-hydroxylation sites is 1. The third-order valence-electron chi connectivity index (χ3n) is 3.87. The molecule has 0 amide bonds. The van der Waals surface area contributed by atoms with E-state index in [-0.39, 0.29) is 0 Å². The van der Waals surface area contributed by atoms with Crippen molar-refractivity contribution >= 4 is 28.3 Å². The van der Waals surface area contributed by atoms with Gasteiger partial charge in [-0.3, -0.25) is 0 Å². The first-order chi connectivity index (χ1) is 12.2. The normalized spacial score (nSPS) is 11.0. The molecule has 0 aliphatic heterocycles. The van der Waals surface area contributed by atoms with Gasteiger partial charge in [0.15, 0.2) is 0 Å². The summed E-state index contributed by atoms with van der Waals surface area (Å²) in [6.07, 6.45) is 0. The van der Waals surface area contributed by atoms with Gasteiger partial charge in [0.05, 0.1) is 11.1 Å². The third-order valence-corrected chi connectivity index (χ3v) is 4.12. The Morgan fingerprint density at radius 3 is 2.60 bits per heavy atom. The first-order valence-electron chi connectivity index (χ1n) is 7.88. The van der Waals surface area contributed by atoms with Crippen LogP contribution in [-0.4, -0.2) is 15.1 Å². The van der Waals surface area contributed by atoms with E-state index in [1.165, 1.54) is 0 Å². The summed E-state index contributed by atoms with van der Waals surface area (Å²) in [6, 6.07) is 17.7. The van der Waals surface area contributed by atoms with Gasteiger partial charge in [-0.25, -0.2) is 4.98 Å². The van der Waals surface area contributed by atoms with E-state index in [1.54, 1.807) is 6.92 Å². The lowest BCUT2D eigenvalue weighted by molar-refractivity contribution is 0.394. The average Bonchev–Trinajstić information content (AvgIpc) is 3.06. The van der Waals surface area contributed by atoms with E-state index in [4.69, 9.17) is 21.1 Å². The number of fused-ring (bicyclic) bond motifs is 1. The summed E-state index contributed by atoms with van der Waals surface area (Å²) >= 11 is 5.94. The molecule has 1 N–H and O–H groups in total. The molecule has 2 aromatic carbocycles. The molecule has 0 saturated heterocycles. The van der Waals surface area contributed by atoms with E-state index < -0.39 is 0 Å². The van der Waals surface area contributed by atoms with Gasteiger partial charge in [-0.15, -0.1) is 0 Å². The van der Waals surface area contributed by atoms with Gasteiger partial charge < -0.3 is 9.84 Å². The molecule has 0 unspecified atom stereocenters. The predicted octanol–water partition coefficient (Wildman–Crippen LogP) is 4.86. The quantitative estimate of drug-likeness (QED) is 0.569. The highest BCUT2D eigenvalue weighted by molar-refractivity contribution is 6.30. The van der Waals surface area contributed by atoms with Crippen LogP contribution in [-0.2, 0) is 6.54 Å². The molecule has 2 heterocycles. The molecule has 0 spiro atoms. The van der Waals surface area contributed by atoms with Crippen LogP contribution in [0.15, 0.2) is 59.1 Å². The largest absolute Gasteiger partial charge is 0.365 e. The molecule has 4 rings (SSSR count). The molecule has 0 radical (unpaired) electrons. The van der Waals surface area contributed by atoms with E-state index in [0.717, 1.165) is 32.9 Å². The zero-order valence-electron chi connectivity index (χ0n) is 13.5. The van der Waals surface area contributed by atoms with Gasteiger partial charge in [-0.1, -0.05) is 47.1 Å². The Hall–Kier alpha value is -2.92. The Bertz CT molecular complexity index is 1030. The maximum absolute atomic E-state index is 5.94. The lowest BCUT2D eigenvalue weighted by Crippen LogP contribution is -2.04. The van der Waals surface area contributed by atoms with Crippen LogP contribution in [0.4, 0.5) is 5.82 Å². The highest BCUT2D eigenvalue weighted by atomic mass is 35.5. The Balaban J connectivity index is 1.73. The number of aryl methyl sites for hydroxylation is 1. The molecule has 5 nitrogen and oxygen atoms in total. The number of benzene rings is 2. The minimum Gasteiger partial charge on any atom is -0.365 e. The average molecular weight is 351 g/mol. The summed E-state index contributed by atoms with van der Waals surface area (Å²) in [7, 11) is 0. The van der Waals surface area contributed by atoms with Crippen molar-refractivity contribution in [3.8, 4) is 11.4 Å². The molecule has 0 saturated carbocycles. The molecule has 0 atom stereocenters. The van der Waals surface area contributed by atoms with Crippen molar-refractivity contribution in [2.45, 2.75) is 13.5 Å². The third kappa shape index (κ3) is 3.32. The van der Waals surface area contributed by atoms with Gasteiger partial charge in [0.1, 0.15) is 5.82 Å². The molecule has 25 heavy (non-hydrogen) atoms. The first kappa shape index (κ1) is 15.6. The zero-order chi connectivity index (χ0) is 17.2. The van der Waals surface area contributed by atoms with Crippen LogP contribution in [0.2, 0.25) is 5.02 Å². The van der Waals surface area contributed by atoms with E-state index >= 15 is 0 Å². The second kappa shape index (κ2) is 6.53. The molecule has 0 aliphatic rings. The number of halogens is 1. The van der Waals surface area contributed by atoms with Crippen LogP contribution in [0.25, 0.3) is 22.3 Å². The van der Waals surface area contributed by atoms with Crippen molar-refractivity contribution in [2.24, 2.45) is 0 Å². The number of hydrogen-bond acceptors (Lipinski definition) is 5. The van der Waals surface area contributed by atoms with Crippen molar-refractivity contribution in [1.29, 1.82) is 0 Å². The van der Waals surface area contributed by atoms with Gasteiger partial charge >= 0.3 is 0 Å². The van der Waals surface area contributed by atoms with Gasteiger partial charge in [0.2, 0.25) is 11.7 Å². The predicted molar refractivity (Wildman–Crippen MR) is 98.6 cm³/mol. The van der Waals surface area contributed by atoms with Gasteiger partial charge in [0.25, 0.3) is 0 Å². The SMILES string of the molecule is Cc1nc(-c2cc3ccccc3nc2NCc2ccc(Cl)cc2)no1. The number of hydrogen-bond donors (Lipinski definition) is 1. The fourth-order valence-corrected chi connectivity index (χ4v) is 2.74. The fourth-order valence-electron chi connectivity index (χ4n) is 2.62. The number of pyridine rings is 1. The van der Waals surface area contributed by atoms with Gasteiger partial charge in [0, 0.05) is 23.9 Å². The van der Waals surface area contributed by atoms with Crippen molar-refractivity contribution < 1.29 is 4.52 Å². The Morgan fingerprint density at radius 2 is 1.84 bits per heavy atom. The van der Waals surface area contributed by atoms with E-state index in [9.17, 15) is 0 Å². The molecule has 0 fully saturated rings. The molecular formula is C19H15ClN4O. The molecular weight excluding hydrogens is 336 g/mol. The number of anilines is 1. The van der Waals surface area contributed by atoms with E-state index in [0.29, 0.717) is 18.3 Å². The number of nitrogens with one attached hydrogen (secondary N) is 1. The van der Waals surface area contributed by atoms with Crippen LogP contribution in [0.5, 0.6) is 0 Å². The van der Waals surface area contributed by atoms with Crippen molar-refractivity contribution in [2.75, 3.05) is 5.32 Å². The fraction of sp³-hybridized carbons (Fsp3) is 0.105. The zero-order valence-corrected chi connectivity index (χ0v) is 14.3. The van der Waals surface area contributed by atoms with Gasteiger partial charge in [-0.05, 0) is 29.8 Å². The Kier molecular flexibility index (Phi) is 4.07. The van der Waals surface area contributed by atoms with Gasteiger partial charge in [-0.2, -0.15) is 4.98 Å². The van der Waals surface area contributed by atoms with Crippen LogP contribution < -0.4 is 5.32 Å². The maximum Gasteiger partial charge on any atom is 0.223 e. The standard InChI is InChI=1S/C19H15ClN4O/c1-12-22-19(24-25-12)16-10-14-4-2-3-5-17(14)23-18(16)21-11-13-6-8-15(20)9-7-13/h2-10H,11H2,1H3,(H,21,23). The highest BCUT2D eigenvalue weighted by Crippen LogP contribution is 2.28. The number of aromatic nitrogens is 3. The smallest absolute Gasteiger partial charge is 0.223 e. The summed E-state index contributed by atoms with van der Waals surface area (Å²) < 4.78 is 5.13. The maximum atomic E-state index is 5.94. The van der Waals surface area contributed by atoms with E-state index in [2.05, 4.69) is 15.5 Å². The summed E-state index contributed by atoms with van der Waals surface area (Å²) in [5.74, 6) is 1.76. The molecule has 0 bridgehead atoms. The van der Waals surface area contributed by atoms with Crippen molar-refractivity contribution in [3.05, 3.63) is 71.1 Å². The summed E-state index contributed by atoms with van der Waals surface area (Å²) in [5.41, 5.74) is 2.82. The second-order valence-corrected chi connectivity index (χ2v) is 6.13. The Labute approximate surface area is 149 Å². The van der Waals surface area contributed by atoms with Crippen LogP contribution in [0.1, 0.15) is 11.5 Å². The molecule has 0 aliphatic carbocycles. The van der Waals surface area contributed by atoms with Crippen molar-refractivity contribution in [1.82, 2.24) is 15.1 Å².